The van der Waals surface area contributed by atoms with E-state index in [0.29, 0.717) is 24.4 Å². The Balaban J connectivity index is 1.53. The molecule has 0 amide bonds. The summed E-state index contributed by atoms with van der Waals surface area (Å²) in [5.74, 6) is 1.00. The van der Waals surface area contributed by atoms with Gasteiger partial charge in [0.25, 0.3) is 0 Å². The molecule has 2 N–H and O–H groups in total. The van der Waals surface area contributed by atoms with Gasteiger partial charge in [-0.3, -0.25) is 0 Å². The Kier molecular flexibility index (Phi) is 5.04. The van der Waals surface area contributed by atoms with Crippen LogP contribution >= 0.6 is 0 Å². The van der Waals surface area contributed by atoms with E-state index in [9.17, 15) is 4.79 Å². The van der Waals surface area contributed by atoms with Crippen molar-refractivity contribution in [2.45, 2.75) is 56.9 Å². The lowest BCUT2D eigenvalue weighted by atomic mass is 9.59. The highest BCUT2D eigenvalue weighted by Crippen LogP contribution is 2.66. The summed E-state index contributed by atoms with van der Waals surface area (Å²) in [5, 5.41) is 0. The molecule has 3 aliphatic carbocycles. The third-order valence-electron chi connectivity index (χ3n) is 7.18. The summed E-state index contributed by atoms with van der Waals surface area (Å²) in [5.41, 5.74) is 9.81. The van der Waals surface area contributed by atoms with Crippen molar-refractivity contribution in [3.63, 3.8) is 0 Å². The minimum absolute atomic E-state index is 0.0415. The topological polar surface area (TPSA) is 70.8 Å². The molecular weight excluding hydrogens is 342 g/mol. The van der Waals surface area contributed by atoms with E-state index in [2.05, 4.69) is 13.0 Å². The molecule has 2 bridgehead atoms. The molecule has 0 saturated heterocycles. The van der Waals surface area contributed by atoms with E-state index in [1.54, 1.807) is 7.11 Å². The van der Waals surface area contributed by atoms with Crippen LogP contribution in [0.2, 0.25) is 0 Å². The van der Waals surface area contributed by atoms with Crippen LogP contribution in [0.25, 0.3) is 0 Å². The van der Waals surface area contributed by atoms with Crippen LogP contribution in [0, 0.1) is 11.3 Å². The van der Waals surface area contributed by atoms with Gasteiger partial charge in [0.2, 0.25) is 0 Å². The van der Waals surface area contributed by atoms with Gasteiger partial charge in [0.1, 0.15) is 12.4 Å². The second kappa shape index (κ2) is 7.19. The van der Waals surface area contributed by atoms with Gasteiger partial charge in [0.15, 0.2) is 0 Å². The first-order valence-electron chi connectivity index (χ1n) is 10.2. The number of nitrogens with two attached hydrogens (primary N) is 1. The van der Waals surface area contributed by atoms with Gasteiger partial charge in [-0.15, -0.1) is 0 Å². The zero-order valence-electron chi connectivity index (χ0n) is 16.5. The van der Waals surface area contributed by atoms with Gasteiger partial charge in [-0.05, 0) is 60.3 Å². The second-order valence-corrected chi connectivity index (χ2v) is 8.79. The Bertz CT molecular complexity index is 720. The van der Waals surface area contributed by atoms with Crippen LogP contribution in [0.1, 0.15) is 50.2 Å². The molecular formula is C22H31NO4. The first-order chi connectivity index (χ1) is 13.0. The maximum atomic E-state index is 12.0. The first-order valence-corrected chi connectivity index (χ1v) is 10.2. The number of fused-ring (bicyclic) bond motifs is 3. The Morgan fingerprint density at radius 2 is 2.15 bits per heavy atom. The molecule has 148 valence electrons. The molecule has 2 saturated carbocycles. The summed E-state index contributed by atoms with van der Waals surface area (Å²) in [6.07, 6.45) is 7.30. The molecule has 0 aliphatic heterocycles. The minimum Gasteiger partial charge on any atom is -0.425 e. The van der Waals surface area contributed by atoms with Crippen molar-refractivity contribution in [2.75, 3.05) is 26.9 Å². The van der Waals surface area contributed by atoms with Crippen LogP contribution in [0.15, 0.2) is 18.2 Å². The molecule has 27 heavy (non-hydrogen) atoms. The summed E-state index contributed by atoms with van der Waals surface area (Å²) in [4.78, 5) is 12.0. The largest absolute Gasteiger partial charge is 0.425 e. The summed E-state index contributed by atoms with van der Waals surface area (Å²) >= 11 is 0. The third-order valence-corrected chi connectivity index (χ3v) is 7.18. The van der Waals surface area contributed by atoms with E-state index in [-0.39, 0.29) is 24.0 Å². The molecule has 1 unspecified atom stereocenters. The third kappa shape index (κ3) is 3.30. The van der Waals surface area contributed by atoms with E-state index in [0.717, 1.165) is 18.8 Å². The van der Waals surface area contributed by atoms with Gasteiger partial charge in [-0.1, -0.05) is 25.8 Å². The van der Waals surface area contributed by atoms with Gasteiger partial charge in [0.05, 0.1) is 13.2 Å². The first kappa shape index (κ1) is 18.9. The van der Waals surface area contributed by atoms with E-state index in [1.807, 2.05) is 12.1 Å². The highest BCUT2D eigenvalue weighted by molar-refractivity contribution is 5.73. The Morgan fingerprint density at radius 1 is 1.30 bits per heavy atom. The van der Waals surface area contributed by atoms with E-state index in [1.165, 1.54) is 36.8 Å². The number of carbonyl (C=O) groups excluding carboxylic acids is 1. The second-order valence-electron chi connectivity index (χ2n) is 8.79. The Morgan fingerprint density at radius 3 is 2.96 bits per heavy atom. The van der Waals surface area contributed by atoms with Crippen molar-refractivity contribution < 1.29 is 19.0 Å². The molecule has 3 aliphatic rings. The van der Waals surface area contributed by atoms with Crippen molar-refractivity contribution >= 4 is 5.97 Å². The molecule has 5 heteroatoms. The lowest BCUT2D eigenvalue weighted by Gasteiger charge is -2.48. The molecule has 4 rings (SSSR count). The zero-order chi connectivity index (χ0) is 19.1. The van der Waals surface area contributed by atoms with Crippen LogP contribution in [0.3, 0.4) is 0 Å². The van der Waals surface area contributed by atoms with Crippen molar-refractivity contribution in [1.29, 1.82) is 0 Å². The van der Waals surface area contributed by atoms with Gasteiger partial charge in [0, 0.05) is 18.6 Å². The maximum Gasteiger partial charge on any atom is 0.337 e. The van der Waals surface area contributed by atoms with E-state index < -0.39 is 0 Å². The number of methoxy groups -OCH3 is 1. The van der Waals surface area contributed by atoms with Crippen LogP contribution < -0.4 is 10.5 Å². The average Bonchev–Trinajstić information content (AvgIpc) is 3.34. The van der Waals surface area contributed by atoms with Crippen LogP contribution in [0.4, 0.5) is 0 Å². The highest BCUT2D eigenvalue weighted by atomic mass is 16.6. The normalized spacial score (nSPS) is 34.0. The molecule has 0 radical (unpaired) electrons. The van der Waals surface area contributed by atoms with Gasteiger partial charge in [-0.25, -0.2) is 4.79 Å². The lowest BCUT2D eigenvalue weighted by molar-refractivity contribution is -0.139. The highest BCUT2D eigenvalue weighted by Gasteiger charge is 2.64. The van der Waals surface area contributed by atoms with Crippen molar-refractivity contribution in [2.24, 2.45) is 17.1 Å². The molecule has 0 heterocycles. The van der Waals surface area contributed by atoms with Crippen molar-refractivity contribution in [1.82, 2.24) is 0 Å². The van der Waals surface area contributed by atoms with Gasteiger partial charge >= 0.3 is 5.97 Å². The number of carbonyl (C=O) groups is 1. The standard InChI is InChI=1S/C22H31NO4/c1-21-8-4-3-5-16-13-22(16,20(21)23)12-15-6-7-17(11-18(15)21)27-19(24)14-26-10-9-25-2/h6-7,11,16,20H,3-5,8-10,12-14,23H2,1-2H3/t16-,20+,21+,22?/m0/s1. The van der Waals surface area contributed by atoms with Crippen LogP contribution in [-0.2, 0) is 26.1 Å². The monoisotopic (exact) mass is 373 g/mol. The molecule has 5 nitrogen and oxygen atoms in total. The fourth-order valence-corrected chi connectivity index (χ4v) is 5.59. The predicted octanol–water partition coefficient (Wildman–Crippen LogP) is 2.98. The predicted molar refractivity (Wildman–Crippen MR) is 103 cm³/mol. The molecule has 1 aromatic rings. The molecule has 1 aromatic carbocycles. The smallest absolute Gasteiger partial charge is 0.337 e. The van der Waals surface area contributed by atoms with Gasteiger partial charge in [-0.2, -0.15) is 0 Å². The van der Waals surface area contributed by atoms with Crippen molar-refractivity contribution in [3.8, 4) is 5.75 Å². The molecule has 0 aromatic heterocycles. The van der Waals surface area contributed by atoms with Crippen molar-refractivity contribution in [3.05, 3.63) is 29.3 Å². The quantitative estimate of drug-likeness (QED) is 0.472. The average molecular weight is 373 g/mol. The van der Waals surface area contributed by atoms with Gasteiger partial charge < -0.3 is 19.9 Å². The summed E-state index contributed by atoms with van der Waals surface area (Å²) in [6.45, 7) is 3.09. The Hall–Kier alpha value is -1.43. The lowest BCUT2D eigenvalue weighted by Crippen LogP contribution is -2.54. The fraction of sp³-hybridized carbons (Fsp3) is 0.682. The fourth-order valence-electron chi connectivity index (χ4n) is 5.59. The summed E-state index contributed by atoms with van der Waals surface area (Å²) in [6, 6.07) is 6.30. The van der Waals surface area contributed by atoms with E-state index in [4.69, 9.17) is 19.9 Å². The van der Waals surface area contributed by atoms with Crippen LogP contribution in [0.5, 0.6) is 5.75 Å². The SMILES string of the molecule is COCCOCC(=O)Oc1ccc2c(c1)[C@@]1(C)CCCC[C@H]3CC3(C2)[C@@H]1N. The van der Waals surface area contributed by atoms with Crippen LogP contribution in [-0.4, -0.2) is 38.9 Å². The Labute approximate surface area is 161 Å². The number of benzene rings is 1. The number of rotatable bonds is 6. The molecule has 4 atom stereocenters. The minimum atomic E-state index is -0.382. The van der Waals surface area contributed by atoms with E-state index >= 15 is 0 Å². The summed E-state index contributed by atoms with van der Waals surface area (Å²) < 4.78 is 15.7. The number of ether oxygens (including phenoxy) is 3. The summed E-state index contributed by atoms with van der Waals surface area (Å²) in [7, 11) is 1.60. The number of hydrogen-bond donors (Lipinski definition) is 1. The maximum absolute atomic E-state index is 12.0. The molecule has 1 spiro atoms. The molecule has 2 fully saturated rings. The number of esters is 1. The zero-order valence-corrected chi connectivity index (χ0v) is 16.5. The number of hydrogen-bond acceptors (Lipinski definition) is 5.